The van der Waals surface area contributed by atoms with Crippen molar-refractivity contribution in [3.05, 3.63) is 35.9 Å². The summed E-state index contributed by atoms with van der Waals surface area (Å²) in [6.07, 6.45) is 0. The van der Waals surface area contributed by atoms with Gasteiger partial charge >= 0.3 is 0 Å². The minimum Gasteiger partial charge on any atom is -0.387 e. The fraction of sp³-hybridized carbons (Fsp3) is 0.474. The molecule has 0 unspecified atom stereocenters. The number of rotatable bonds is 4. The Balaban J connectivity index is 1.99. The Morgan fingerprint density at radius 1 is 1.04 bits per heavy atom. The Hall–Kier alpha value is -1.78. The Morgan fingerprint density at radius 2 is 1.78 bits per heavy atom. The van der Waals surface area contributed by atoms with Crippen molar-refractivity contribution in [3.63, 3.8) is 0 Å². The first-order valence-corrected chi connectivity index (χ1v) is 8.40. The molecule has 0 spiro atoms. The van der Waals surface area contributed by atoms with E-state index in [1.165, 1.54) is 27.7 Å². The lowest BCUT2D eigenvalue weighted by Gasteiger charge is -2.33. The van der Waals surface area contributed by atoms with E-state index in [0.29, 0.717) is 0 Å². The van der Waals surface area contributed by atoms with E-state index >= 15 is 0 Å². The van der Waals surface area contributed by atoms with Crippen LogP contribution < -0.4 is 10.2 Å². The van der Waals surface area contributed by atoms with Gasteiger partial charge in [-0.3, -0.25) is 4.90 Å². The van der Waals surface area contributed by atoms with Gasteiger partial charge in [-0.15, -0.1) is 0 Å². The topological polar surface area (TPSA) is 21.8 Å². The van der Waals surface area contributed by atoms with Crippen molar-refractivity contribution in [1.29, 1.82) is 0 Å². The molecule has 2 aromatic rings. The first kappa shape index (κ1) is 16.1. The molecule has 0 aromatic heterocycles. The van der Waals surface area contributed by atoms with E-state index in [1.807, 2.05) is 7.05 Å². The smallest absolute Gasteiger partial charge is 0.0484 e. The summed E-state index contributed by atoms with van der Waals surface area (Å²) < 4.78 is 0. The first-order valence-electron chi connectivity index (χ1n) is 8.40. The van der Waals surface area contributed by atoms with Crippen molar-refractivity contribution in [2.24, 2.45) is 0 Å². The molecule has 23 heavy (non-hydrogen) atoms. The number of nitrogens with zero attached hydrogens (tertiary/aromatic N) is 3. The zero-order valence-electron chi connectivity index (χ0n) is 14.8. The number of nitrogens with one attached hydrogen (secondary N) is 1. The number of benzene rings is 2. The third-order valence-corrected chi connectivity index (χ3v) is 4.83. The predicted octanol–water partition coefficient (Wildman–Crippen LogP) is 2.69. The molecule has 0 saturated carbocycles. The van der Waals surface area contributed by atoms with E-state index in [0.717, 1.165) is 32.7 Å². The fourth-order valence-electron chi connectivity index (χ4n) is 3.44. The van der Waals surface area contributed by atoms with Gasteiger partial charge in [-0.2, -0.15) is 0 Å². The van der Waals surface area contributed by atoms with Crippen molar-refractivity contribution < 1.29 is 0 Å². The van der Waals surface area contributed by atoms with Crippen LogP contribution in [0.25, 0.3) is 10.8 Å². The third-order valence-electron chi connectivity index (χ3n) is 4.83. The number of hydrogen-bond donors (Lipinski definition) is 1. The van der Waals surface area contributed by atoms with Crippen molar-refractivity contribution in [2.45, 2.75) is 6.54 Å². The van der Waals surface area contributed by atoms with Gasteiger partial charge in [0, 0.05) is 70.6 Å². The summed E-state index contributed by atoms with van der Waals surface area (Å²) in [4.78, 5) is 7.16. The van der Waals surface area contributed by atoms with Crippen LogP contribution in [0.1, 0.15) is 5.56 Å². The van der Waals surface area contributed by atoms with Crippen molar-refractivity contribution in [2.75, 3.05) is 64.6 Å². The zero-order chi connectivity index (χ0) is 16.4. The number of piperazine rings is 1. The highest BCUT2D eigenvalue weighted by Crippen LogP contribution is 2.35. The molecule has 4 heteroatoms. The molecular weight excluding hydrogens is 284 g/mol. The Kier molecular flexibility index (Phi) is 4.74. The van der Waals surface area contributed by atoms with Gasteiger partial charge in [-0.1, -0.05) is 24.3 Å². The van der Waals surface area contributed by atoms with E-state index in [2.05, 4.69) is 71.5 Å². The summed E-state index contributed by atoms with van der Waals surface area (Å²) >= 11 is 0. The van der Waals surface area contributed by atoms with Gasteiger partial charge in [0.2, 0.25) is 0 Å². The van der Waals surface area contributed by atoms with Gasteiger partial charge in [0.15, 0.2) is 0 Å². The first-order chi connectivity index (χ1) is 11.1. The van der Waals surface area contributed by atoms with Crippen LogP contribution in [0.3, 0.4) is 0 Å². The molecule has 1 N–H and O–H groups in total. The molecule has 3 rings (SSSR count). The minimum atomic E-state index is 1.02. The Morgan fingerprint density at radius 3 is 2.43 bits per heavy atom. The quantitative estimate of drug-likeness (QED) is 0.937. The molecule has 1 aliphatic heterocycles. The van der Waals surface area contributed by atoms with Gasteiger partial charge in [-0.25, -0.2) is 0 Å². The maximum Gasteiger partial charge on any atom is 0.0484 e. The van der Waals surface area contributed by atoms with Crippen LogP contribution in [0.15, 0.2) is 30.3 Å². The number of hydrogen-bond acceptors (Lipinski definition) is 4. The SMILES string of the molecule is CNc1c(CN2CCN(C)CC2)ccc2cccc(N(C)C)c12. The van der Waals surface area contributed by atoms with Gasteiger partial charge in [-0.05, 0) is 24.1 Å². The van der Waals surface area contributed by atoms with Gasteiger partial charge in [0.05, 0.1) is 0 Å². The van der Waals surface area contributed by atoms with E-state index in [-0.39, 0.29) is 0 Å². The van der Waals surface area contributed by atoms with E-state index in [9.17, 15) is 0 Å². The lowest BCUT2D eigenvalue weighted by Crippen LogP contribution is -2.43. The van der Waals surface area contributed by atoms with Crippen LogP contribution in [0.2, 0.25) is 0 Å². The van der Waals surface area contributed by atoms with Gasteiger partial charge in [0.25, 0.3) is 0 Å². The summed E-state index contributed by atoms with van der Waals surface area (Å²) in [5, 5.41) is 6.09. The largest absolute Gasteiger partial charge is 0.387 e. The van der Waals surface area contributed by atoms with Crippen molar-refractivity contribution in [1.82, 2.24) is 9.80 Å². The summed E-state index contributed by atoms with van der Waals surface area (Å²) in [7, 11) is 8.47. The van der Waals surface area contributed by atoms with Crippen molar-refractivity contribution >= 4 is 22.1 Å². The normalized spacial score (nSPS) is 16.7. The van der Waals surface area contributed by atoms with E-state index in [4.69, 9.17) is 0 Å². The van der Waals surface area contributed by atoms with Crippen LogP contribution in [0.4, 0.5) is 11.4 Å². The van der Waals surface area contributed by atoms with E-state index in [1.54, 1.807) is 0 Å². The standard InChI is InChI=1S/C19H28N4/c1-20-19-16(14-23-12-10-22(4)11-13-23)9-8-15-6-5-7-17(18(15)19)21(2)3/h5-9,20H,10-14H2,1-4H3. The van der Waals surface area contributed by atoms with Crippen LogP contribution >= 0.6 is 0 Å². The molecule has 1 aliphatic rings. The third kappa shape index (κ3) is 3.28. The van der Waals surface area contributed by atoms with E-state index < -0.39 is 0 Å². The van der Waals surface area contributed by atoms with Crippen LogP contribution in [0, 0.1) is 0 Å². The molecule has 0 aliphatic carbocycles. The molecule has 2 aromatic carbocycles. The molecule has 124 valence electrons. The summed E-state index contributed by atoms with van der Waals surface area (Å²) in [5.41, 5.74) is 3.93. The summed E-state index contributed by atoms with van der Waals surface area (Å²) in [6.45, 7) is 5.62. The molecule has 0 atom stereocenters. The summed E-state index contributed by atoms with van der Waals surface area (Å²) in [6, 6.07) is 11.1. The second-order valence-electron chi connectivity index (χ2n) is 6.70. The zero-order valence-corrected chi connectivity index (χ0v) is 14.8. The second-order valence-corrected chi connectivity index (χ2v) is 6.70. The average molecular weight is 312 g/mol. The van der Waals surface area contributed by atoms with Crippen LogP contribution in [-0.2, 0) is 6.54 Å². The highest BCUT2D eigenvalue weighted by Gasteiger charge is 2.17. The molecule has 1 fully saturated rings. The molecule has 0 amide bonds. The average Bonchev–Trinajstić information content (AvgIpc) is 2.56. The monoisotopic (exact) mass is 312 g/mol. The highest BCUT2D eigenvalue weighted by atomic mass is 15.2. The highest BCUT2D eigenvalue weighted by molar-refractivity contribution is 6.04. The fourth-order valence-corrected chi connectivity index (χ4v) is 3.44. The lowest BCUT2D eigenvalue weighted by atomic mass is 10.0. The van der Waals surface area contributed by atoms with Crippen molar-refractivity contribution in [3.8, 4) is 0 Å². The maximum absolute atomic E-state index is 3.47. The minimum absolute atomic E-state index is 1.02. The molecule has 1 heterocycles. The molecule has 0 radical (unpaired) electrons. The van der Waals surface area contributed by atoms with Gasteiger partial charge in [0.1, 0.15) is 0 Å². The Bertz CT molecular complexity index is 672. The van der Waals surface area contributed by atoms with Crippen LogP contribution in [0.5, 0.6) is 0 Å². The van der Waals surface area contributed by atoms with Crippen LogP contribution in [-0.4, -0.2) is 64.2 Å². The number of likely N-dealkylation sites (N-methyl/N-ethyl adjacent to an activating group) is 1. The lowest BCUT2D eigenvalue weighted by molar-refractivity contribution is 0.148. The molecule has 1 saturated heterocycles. The number of fused-ring (bicyclic) bond motifs is 1. The molecule has 4 nitrogen and oxygen atoms in total. The number of anilines is 2. The molecule has 0 bridgehead atoms. The summed E-state index contributed by atoms with van der Waals surface area (Å²) in [5.74, 6) is 0. The molecular formula is C19H28N4. The van der Waals surface area contributed by atoms with Gasteiger partial charge < -0.3 is 15.1 Å². The predicted molar refractivity (Wildman–Crippen MR) is 101 cm³/mol. The maximum atomic E-state index is 3.47. The second kappa shape index (κ2) is 6.77. The Labute approximate surface area is 139 Å².